The van der Waals surface area contributed by atoms with Crippen LogP contribution in [0.3, 0.4) is 0 Å². The van der Waals surface area contributed by atoms with Crippen LogP contribution in [0.15, 0.2) is 65.2 Å². The highest BCUT2D eigenvalue weighted by atomic mass is 16.5. The first-order valence-electron chi connectivity index (χ1n) is 14.8. The van der Waals surface area contributed by atoms with Gasteiger partial charge in [-0.2, -0.15) is 0 Å². The maximum atomic E-state index is 13.8. The molecule has 236 valence electrons. The summed E-state index contributed by atoms with van der Waals surface area (Å²) in [5.74, 6) is 0.0255. The first-order chi connectivity index (χ1) is 21.6. The predicted octanol–water partition coefficient (Wildman–Crippen LogP) is 5.47. The standard InChI is InChI=1S/C33H38N6O6/c1-19-16-39(20(2)18-40)31(41)25-13-9-15-27(34-32(42)36-29-21(3)37-45-22(29)4)30(25)44-28(19)17-38(5)33(43)35-26-14-8-11-23-10-6-7-12-24(23)26/h6-15,19-20,28,40H,16-18H2,1-5H3,(H,35,43)(H2,34,36,42)/t19-,20+,28+/m0/s1. The smallest absolute Gasteiger partial charge is 0.323 e. The molecular weight excluding hydrogens is 576 g/mol. The molecule has 45 heavy (non-hydrogen) atoms. The van der Waals surface area contributed by atoms with E-state index in [1.807, 2.05) is 49.4 Å². The average molecular weight is 615 g/mol. The van der Waals surface area contributed by atoms with E-state index in [0.29, 0.717) is 22.8 Å². The molecule has 1 aliphatic rings. The fourth-order valence-corrected chi connectivity index (χ4v) is 5.39. The van der Waals surface area contributed by atoms with Gasteiger partial charge in [0.15, 0.2) is 11.5 Å². The minimum absolute atomic E-state index is 0.172. The number of aromatic nitrogens is 1. The second-order valence-electron chi connectivity index (χ2n) is 11.4. The third-order valence-electron chi connectivity index (χ3n) is 8.04. The molecule has 4 N–H and O–H groups in total. The summed E-state index contributed by atoms with van der Waals surface area (Å²) in [6.45, 7) is 7.32. The van der Waals surface area contributed by atoms with Gasteiger partial charge < -0.3 is 40.1 Å². The van der Waals surface area contributed by atoms with Crippen LogP contribution in [-0.4, -0.2) is 76.9 Å². The molecule has 12 nitrogen and oxygen atoms in total. The molecule has 5 amide bonds. The Balaban J connectivity index is 1.42. The number of para-hydroxylation sites is 1. The van der Waals surface area contributed by atoms with Crippen molar-refractivity contribution in [2.45, 2.75) is 39.8 Å². The first kappa shape index (κ1) is 31.3. The van der Waals surface area contributed by atoms with E-state index >= 15 is 0 Å². The minimum Gasteiger partial charge on any atom is -0.485 e. The number of carbonyl (C=O) groups excluding carboxylic acids is 3. The Hall–Kier alpha value is -5.10. The summed E-state index contributed by atoms with van der Waals surface area (Å²) in [7, 11) is 1.68. The van der Waals surface area contributed by atoms with Gasteiger partial charge in [0.2, 0.25) is 0 Å². The molecule has 0 radical (unpaired) electrons. The van der Waals surface area contributed by atoms with Crippen molar-refractivity contribution < 1.29 is 28.8 Å². The van der Waals surface area contributed by atoms with Gasteiger partial charge in [-0.05, 0) is 44.4 Å². The fourth-order valence-electron chi connectivity index (χ4n) is 5.39. The molecule has 0 spiro atoms. The second-order valence-corrected chi connectivity index (χ2v) is 11.4. The Bertz CT molecular complexity index is 1700. The van der Waals surface area contributed by atoms with Crippen molar-refractivity contribution in [3.8, 4) is 5.75 Å². The van der Waals surface area contributed by atoms with Crippen LogP contribution in [0, 0.1) is 19.8 Å². The number of nitrogens with zero attached hydrogens (tertiary/aromatic N) is 3. The van der Waals surface area contributed by atoms with Crippen LogP contribution in [0.1, 0.15) is 35.7 Å². The van der Waals surface area contributed by atoms with Crippen molar-refractivity contribution in [1.29, 1.82) is 0 Å². The molecule has 0 fully saturated rings. The third kappa shape index (κ3) is 6.70. The number of rotatable bonds is 7. The van der Waals surface area contributed by atoms with Gasteiger partial charge in [0.1, 0.15) is 17.5 Å². The van der Waals surface area contributed by atoms with E-state index in [2.05, 4.69) is 21.1 Å². The Morgan fingerprint density at radius 1 is 1.04 bits per heavy atom. The van der Waals surface area contributed by atoms with Gasteiger partial charge in [0, 0.05) is 24.9 Å². The summed E-state index contributed by atoms with van der Waals surface area (Å²) in [6.07, 6.45) is -0.581. The van der Waals surface area contributed by atoms with E-state index in [4.69, 9.17) is 9.26 Å². The number of anilines is 3. The number of ether oxygens (including phenoxy) is 1. The number of likely N-dealkylation sites (N-methyl/N-ethyl adjacent to an activating group) is 1. The largest absolute Gasteiger partial charge is 0.485 e. The normalized spacial score (nSPS) is 17.0. The van der Waals surface area contributed by atoms with E-state index in [1.165, 1.54) is 4.90 Å². The number of aryl methyl sites for hydroxylation is 2. The molecule has 12 heteroatoms. The summed E-state index contributed by atoms with van der Waals surface area (Å²) < 4.78 is 11.7. The quantitative estimate of drug-likeness (QED) is 0.216. The van der Waals surface area contributed by atoms with Gasteiger partial charge in [-0.3, -0.25) is 4.79 Å². The van der Waals surface area contributed by atoms with Gasteiger partial charge in [0.05, 0.1) is 36.1 Å². The summed E-state index contributed by atoms with van der Waals surface area (Å²) >= 11 is 0. The second kappa shape index (κ2) is 13.3. The van der Waals surface area contributed by atoms with Crippen LogP contribution in [0.2, 0.25) is 0 Å². The zero-order valence-electron chi connectivity index (χ0n) is 26.0. The average Bonchev–Trinajstić information content (AvgIpc) is 3.34. The van der Waals surface area contributed by atoms with E-state index in [1.54, 1.807) is 50.9 Å². The van der Waals surface area contributed by atoms with E-state index in [0.717, 1.165) is 10.8 Å². The van der Waals surface area contributed by atoms with Crippen LogP contribution < -0.4 is 20.7 Å². The molecule has 0 saturated heterocycles. The maximum absolute atomic E-state index is 13.8. The Labute approximate surface area is 261 Å². The number of urea groups is 2. The highest BCUT2D eigenvalue weighted by Crippen LogP contribution is 2.35. The molecule has 0 unspecified atom stereocenters. The van der Waals surface area contributed by atoms with Gasteiger partial charge in [-0.25, -0.2) is 9.59 Å². The van der Waals surface area contributed by atoms with Crippen LogP contribution in [0.4, 0.5) is 26.7 Å². The molecule has 1 aliphatic heterocycles. The lowest BCUT2D eigenvalue weighted by atomic mass is 9.99. The molecule has 0 saturated carbocycles. The minimum atomic E-state index is -0.581. The van der Waals surface area contributed by atoms with Gasteiger partial charge in [0.25, 0.3) is 5.91 Å². The number of aliphatic hydroxyl groups excluding tert-OH is 1. The molecule has 2 heterocycles. The monoisotopic (exact) mass is 614 g/mol. The highest BCUT2D eigenvalue weighted by Gasteiger charge is 2.35. The van der Waals surface area contributed by atoms with Crippen molar-refractivity contribution in [3.05, 3.63) is 77.7 Å². The van der Waals surface area contributed by atoms with Crippen molar-refractivity contribution >= 4 is 45.8 Å². The topological polar surface area (TPSA) is 149 Å². The first-order valence-corrected chi connectivity index (χ1v) is 14.8. The lowest BCUT2D eigenvalue weighted by molar-refractivity contribution is 0.0373. The number of amides is 5. The molecule has 1 aromatic heterocycles. The van der Waals surface area contributed by atoms with Gasteiger partial charge >= 0.3 is 12.1 Å². The van der Waals surface area contributed by atoms with Crippen LogP contribution in [-0.2, 0) is 0 Å². The fraction of sp³-hybridized carbons (Fsp3) is 0.333. The zero-order valence-corrected chi connectivity index (χ0v) is 26.0. The molecule has 0 bridgehead atoms. The number of aliphatic hydroxyl groups is 1. The van der Waals surface area contributed by atoms with E-state index in [9.17, 15) is 19.5 Å². The van der Waals surface area contributed by atoms with Crippen molar-refractivity contribution in [2.75, 3.05) is 42.7 Å². The summed E-state index contributed by atoms with van der Waals surface area (Å²) in [5.41, 5.74) is 2.14. The SMILES string of the molecule is Cc1noc(C)c1NC(=O)Nc1cccc2c1O[C@H](CN(C)C(=O)Nc1cccc3ccccc13)[C@@H](C)CN([C@H](C)CO)C2=O. The Morgan fingerprint density at radius 3 is 2.49 bits per heavy atom. The van der Waals surface area contributed by atoms with Crippen molar-refractivity contribution in [3.63, 3.8) is 0 Å². The van der Waals surface area contributed by atoms with Crippen molar-refractivity contribution in [2.24, 2.45) is 5.92 Å². The van der Waals surface area contributed by atoms with Crippen LogP contribution >= 0.6 is 0 Å². The van der Waals surface area contributed by atoms with E-state index in [-0.39, 0.29) is 54.6 Å². The lowest BCUT2D eigenvalue weighted by Gasteiger charge is -2.38. The molecule has 4 aromatic rings. The van der Waals surface area contributed by atoms with E-state index < -0.39 is 18.2 Å². The molecule has 0 aliphatic carbocycles. The molecular formula is C33H38N6O6. The van der Waals surface area contributed by atoms with Crippen LogP contribution in [0.5, 0.6) is 5.75 Å². The number of hydrogen-bond donors (Lipinski definition) is 4. The van der Waals surface area contributed by atoms with Crippen LogP contribution in [0.25, 0.3) is 10.8 Å². The number of nitrogens with one attached hydrogen (secondary N) is 3. The summed E-state index contributed by atoms with van der Waals surface area (Å²) in [5, 5.41) is 24.3. The number of benzene rings is 3. The third-order valence-corrected chi connectivity index (χ3v) is 8.04. The molecule has 3 atom stereocenters. The predicted molar refractivity (Wildman–Crippen MR) is 172 cm³/mol. The number of hydrogen-bond acceptors (Lipinski definition) is 7. The summed E-state index contributed by atoms with van der Waals surface area (Å²) in [4.78, 5) is 43.4. The maximum Gasteiger partial charge on any atom is 0.323 e. The zero-order chi connectivity index (χ0) is 32.2. The molecule has 5 rings (SSSR count). The lowest BCUT2D eigenvalue weighted by Crippen LogP contribution is -2.50. The van der Waals surface area contributed by atoms with Gasteiger partial charge in [-0.15, -0.1) is 0 Å². The summed E-state index contributed by atoms with van der Waals surface area (Å²) in [6, 6.07) is 17.1. The number of carbonyl (C=O) groups is 3. The van der Waals surface area contributed by atoms with Gasteiger partial charge in [-0.1, -0.05) is 54.5 Å². The van der Waals surface area contributed by atoms with Crippen molar-refractivity contribution in [1.82, 2.24) is 15.0 Å². The molecule has 3 aromatic carbocycles. The Kier molecular flexibility index (Phi) is 9.24. The Morgan fingerprint density at radius 2 is 1.76 bits per heavy atom. The number of fused-ring (bicyclic) bond motifs is 2. The highest BCUT2D eigenvalue weighted by molar-refractivity contribution is 6.05.